The van der Waals surface area contributed by atoms with Crippen molar-refractivity contribution in [3.63, 3.8) is 0 Å². The van der Waals surface area contributed by atoms with Crippen molar-refractivity contribution in [2.45, 2.75) is 51.6 Å². The van der Waals surface area contributed by atoms with Gasteiger partial charge in [0.15, 0.2) is 0 Å². The zero-order valence-electron chi connectivity index (χ0n) is 15.8. The van der Waals surface area contributed by atoms with Gasteiger partial charge in [-0.05, 0) is 48.9 Å². The highest BCUT2D eigenvalue weighted by Gasteiger charge is 2.25. The molecule has 2 amide bonds. The smallest absolute Gasteiger partial charge is 0.270 e. The number of amides is 2. The highest BCUT2D eigenvalue weighted by molar-refractivity contribution is 7.09. The summed E-state index contributed by atoms with van der Waals surface area (Å²) >= 11 is 7.20. The molecule has 0 saturated heterocycles. The SMILES string of the molecule is CC(C)[C@H](NC(=O)Cc1cc(F)cc(Cl)c1)c1nc(C(=O)NC2CCC2)cs1. The largest absolute Gasteiger partial charge is 0.348 e. The molecule has 0 spiro atoms. The number of nitrogens with one attached hydrogen (secondary N) is 2. The van der Waals surface area contributed by atoms with Crippen molar-refractivity contribution in [1.82, 2.24) is 15.6 Å². The Bertz CT molecular complexity index is 847. The Morgan fingerprint density at radius 3 is 2.68 bits per heavy atom. The monoisotopic (exact) mass is 423 g/mol. The van der Waals surface area contributed by atoms with Crippen molar-refractivity contribution in [3.8, 4) is 0 Å². The summed E-state index contributed by atoms with van der Waals surface area (Å²) < 4.78 is 13.5. The van der Waals surface area contributed by atoms with Gasteiger partial charge in [0, 0.05) is 16.4 Å². The second-order valence-electron chi connectivity index (χ2n) is 7.42. The predicted molar refractivity (Wildman–Crippen MR) is 108 cm³/mol. The van der Waals surface area contributed by atoms with E-state index in [0.717, 1.165) is 19.3 Å². The second kappa shape index (κ2) is 9.01. The molecule has 0 unspecified atom stereocenters. The number of hydrogen-bond acceptors (Lipinski definition) is 4. The first kappa shape index (κ1) is 20.7. The highest BCUT2D eigenvalue weighted by atomic mass is 35.5. The van der Waals surface area contributed by atoms with Gasteiger partial charge in [0.05, 0.1) is 12.5 Å². The molecule has 1 aliphatic rings. The summed E-state index contributed by atoms with van der Waals surface area (Å²) in [6.07, 6.45) is 3.18. The van der Waals surface area contributed by atoms with Crippen LogP contribution in [0.5, 0.6) is 0 Å². The van der Waals surface area contributed by atoms with Crippen LogP contribution in [0.25, 0.3) is 0 Å². The molecule has 2 N–H and O–H groups in total. The molecule has 1 atom stereocenters. The zero-order valence-corrected chi connectivity index (χ0v) is 17.4. The molecule has 5 nitrogen and oxygen atoms in total. The molecule has 2 aromatic rings. The molecule has 150 valence electrons. The third-order valence-corrected chi connectivity index (χ3v) is 5.88. The van der Waals surface area contributed by atoms with Crippen LogP contribution in [0.4, 0.5) is 4.39 Å². The van der Waals surface area contributed by atoms with E-state index >= 15 is 0 Å². The molecular formula is C20H23ClFN3O2S. The maximum absolute atomic E-state index is 13.5. The highest BCUT2D eigenvalue weighted by Crippen LogP contribution is 2.26. The minimum absolute atomic E-state index is 0.0150. The Morgan fingerprint density at radius 1 is 1.32 bits per heavy atom. The molecule has 1 aromatic heterocycles. The van der Waals surface area contributed by atoms with Gasteiger partial charge in [-0.25, -0.2) is 9.37 Å². The van der Waals surface area contributed by atoms with Crippen LogP contribution >= 0.6 is 22.9 Å². The van der Waals surface area contributed by atoms with Crippen molar-refractivity contribution < 1.29 is 14.0 Å². The molecule has 0 bridgehead atoms. The van der Waals surface area contributed by atoms with Crippen LogP contribution in [0, 0.1) is 11.7 Å². The van der Waals surface area contributed by atoms with Crippen LogP contribution in [0.15, 0.2) is 23.6 Å². The summed E-state index contributed by atoms with van der Waals surface area (Å²) in [5.74, 6) is -0.821. The molecule has 1 saturated carbocycles. The van der Waals surface area contributed by atoms with Gasteiger partial charge in [-0.3, -0.25) is 9.59 Å². The summed E-state index contributed by atoms with van der Waals surface area (Å²) in [6.45, 7) is 3.94. The van der Waals surface area contributed by atoms with Crippen molar-refractivity contribution >= 4 is 34.8 Å². The fourth-order valence-corrected chi connectivity index (χ4v) is 4.25. The Kier molecular flexibility index (Phi) is 6.67. The first-order valence-electron chi connectivity index (χ1n) is 9.32. The fraction of sp³-hybridized carbons (Fsp3) is 0.450. The molecule has 0 aliphatic heterocycles. The van der Waals surface area contributed by atoms with E-state index in [-0.39, 0.29) is 41.3 Å². The summed E-state index contributed by atoms with van der Waals surface area (Å²) in [5.41, 5.74) is 0.883. The lowest BCUT2D eigenvalue weighted by molar-refractivity contribution is -0.121. The average molecular weight is 424 g/mol. The minimum atomic E-state index is -0.474. The summed E-state index contributed by atoms with van der Waals surface area (Å²) in [7, 11) is 0. The minimum Gasteiger partial charge on any atom is -0.348 e. The summed E-state index contributed by atoms with van der Waals surface area (Å²) in [4.78, 5) is 29.2. The maximum Gasteiger partial charge on any atom is 0.270 e. The Labute approximate surface area is 172 Å². The standard InChI is InChI=1S/C20H23ClFN3O2S/c1-11(2)18(25-17(26)8-12-6-13(21)9-14(22)7-12)20-24-16(10-28-20)19(27)23-15-4-3-5-15/h6-7,9-11,15,18H,3-5,8H2,1-2H3,(H,23,27)(H,25,26)/t18-/m0/s1. The molecule has 0 radical (unpaired) electrons. The Hall–Kier alpha value is -1.99. The number of aromatic nitrogens is 1. The van der Waals surface area contributed by atoms with E-state index in [1.807, 2.05) is 13.8 Å². The third-order valence-electron chi connectivity index (χ3n) is 4.73. The number of halogens is 2. The lowest BCUT2D eigenvalue weighted by Gasteiger charge is -2.25. The van der Waals surface area contributed by atoms with Crippen LogP contribution in [-0.4, -0.2) is 22.8 Å². The lowest BCUT2D eigenvalue weighted by Crippen LogP contribution is -2.39. The van der Waals surface area contributed by atoms with Crippen LogP contribution in [0.2, 0.25) is 5.02 Å². The average Bonchev–Trinajstić information content (AvgIpc) is 3.04. The Morgan fingerprint density at radius 2 is 2.07 bits per heavy atom. The van der Waals surface area contributed by atoms with E-state index in [1.54, 1.807) is 11.4 Å². The summed E-state index contributed by atoms with van der Waals surface area (Å²) in [6, 6.07) is 3.98. The molecule has 1 fully saturated rings. The molecule has 1 aromatic carbocycles. The van der Waals surface area contributed by atoms with E-state index in [9.17, 15) is 14.0 Å². The molecule has 1 aliphatic carbocycles. The van der Waals surface area contributed by atoms with Crippen molar-refractivity contribution in [2.24, 2.45) is 5.92 Å². The van der Waals surface area contributed by atoms with Gasteiger partial charge in [0.2, 0.25) is 5.91 Å². The third kappa shape index (κ3) is 5.29. The molecule has 1 heterocycles. The van der Waals surface area contributed by atoms with Gasteiger partial charge in [-0.2, -0.15) is 0 Å². The van der Waals surface area contributed by atoms with Gasteiger partial charge in [-0.1, -0.05) is 25.4 Å². The van der Waals surface area contributed by atoms with Gasteiger partial charge < -0.3 is 10.6 Å². The van der Waals surface area contributed by atoms with Crippen molar-refractivity contribution in [2.75, 3.05) is 0 Å². The molecule has 3 rings (SSSR count). The summed E-state index contributed by atoms with van der Waals surface area (Å²) in [5, 5.41) is 8.57. The van der Waals surface area contributed by atoms with E-state index in [2.05, 4.69) is 15.6 Å². The molecule has 28 heavy (non-hydrogen) atoms. The van der Waals surface area contributed by atoms with E-state index in [0.29, 0.717) is 16.3 Å². The number of carbonyl (C=O) groups is 2. The van der Waals surface area contributed by atoms with E-state index in [1.165, 1.54) is 23.5 Å². The Balaban J connectivity index is 1.66. The second-order valence-corrected chi connectivity index (χ2v) is 8.74. The van der Waals surface area contributed by atoms with Crippen LogP contribution in [0.1, 0.15) is 60.2 Å². The topological polar surface area (TPSA) is 71.1 Å². The molecular weight excluding hydrogens is 401 g/mol. The van der Waals surface area contributed by atoms with Crippen LogP contribution in [0.3, 0.4) is 0 Å². The first-order valence-corrected chi connectivity index (χ1v) is 10.6. The first-order chi connectivity index (χ1) is 13.3. The lowest BCUT2D eigenvalue weighted by atomic mass is 9.93. The number of hydrogen-bond donors (Lipinski definition) is 2. The number of benzene rings is 1. The van der Waals surface area contributed by atoms with Crippen molar-refractivity contribution in [1.29, 1.82) is 0 Å². The van der Waals surface area contributed by atoms with Gasteiger partial charge in [0.25, 0.3) is 5.91 Å². The maximum atomic E-state index is 13.5. The quantitative estimate of drug-likeness (QED) is 0.698. The number of rotatable bonds is 7. The normalized spacial score (nSPS) is 15.2. The van der Waals surface area contributed by atoms with Gasteiger partial charge in [0.1, 0.15) is 16.5 Å². The van der Waals surface area contributed by atoms with Gasteiger partial charge >= 0.3 is 0 Å². The number of thiazole rings is 1. The van der Waals surface area contributed by atoms with Gasteiger partial charge in [-0.15, -0.1) is 11.3 Å². The fourth-order valence-electron chi connectivity index (χ4n) is 2.98. The predicted octanol–water partition coefficient (Wildman–Crippen LogP) is 4.27. The molecule has 8 heteroatoms. The van der Waals surface area contributed by atoms with Crippen LogP contribution < -0.4 is 10.6 Å². The van der Waals surface area contributed by atoms with Crippen molar-refractivity contribution in [3.05, 3.63) is 50.7 Å². The van der Waals surface area contributed by atoms with E-state index in [4.69, 9.17) is 11.6 Å². The number of carbonyl (C=O) groups excluding carboxylic acids is 2. The van der Waals surface area contributed by atoms with Crippen LogP contribution in [-0.2, 0) is 11.2 Å². The zero-order chi connectivity index (χ0) is 20.3. The van der Waals surface area contributed by atoms with E-state index < -0.39 is 5.82 Å². The number of nitrogens with zero attached hydrogens (tertiary/aromatic N) is 1.